The first kappa shape index (κ1) is 23.8. The number of rotatable bonds is 9. The van der Waals surface area contributed by atoms with Crippen molar-refractivity contribution < 1.29 is 27.5 Å². The minimum Gasteiger partial charge on any atom is -0.450 e. The lowest BCUT2D eigenvalue weighted by molar-refractivity contribution is -0.126. The standard InChI is InChI=1S/C18H34N4O6S/c1-3-27-15-5-8-19-17(23)16-6-9-21(10-7-16)29(25,26)22-13-11-20(12-14-22)18(24)28-4-2/h16H,3-15H2,1-2H3,(H,19,23). The van der Waals surface area contributed by atoms with E-state index in [9.17, 15) is 18.0 Å². The van der Waals surface area contributed by atoms with Gasteiger partial charge in [-0.3, -0.25) is 4.79 Å². The Morgan fingerprint density at radius 1 is 0.966 bits per heavy atom. The van der Waals surface area contributed by atoms with Gasteiger partial charge in [0.1, 0.15) is 0 Å². The van der Waals surface area contributed by atoms with E-state index < -0.39 is 16.3 Å². The molecule has 0 atom stereocenters. The van der Waals surface area contributed by atoms with Gasteiger partial charge in [0.15, 0.2) is 0 Å². The highest BCUT2D eigenvalue weighted by Gasteiger charge is 2.36. The van der Waals surface area contributed by atoms with Crippen LogP contribution in [-0.2, 0) is 24.5 Å². The molecule has 0 aliphatic carbocycles. The van der Waals surface area contributed by atoms with Crippen molar-refractivity contribution >= 4 is 22.2 Å². The Morgan fingerprint density at radius 3 is 2.17 bits per heavy atom. The van der Waals surface area contributed by atoms with Gasteiger partial charge in [-0.1, -0.05) is 0 Å². The predicted octanol–water partition coefficient (Wildman–Crippen LogP) is 0.260. The summed E-state index contributed by atoms with van der Waals surface area (Å²) >= 11 is 0. The molecule has 10 nitrogen and oxygen atoms in total. The van der Waals surface area contributed by atoms with Crippen LogP contribution in [-0.4, -0.2) is 99.6 Å². The first-order valence-electron chi connectivity index (χ1n) is 10.4. The Balaban J connectivity index is 1.75. The van der Waals surface area contributed by atoms with E-state index in [0.29, 0.717) is 65.4 Å². The summed E-state index contributed by atoms with van der Waals surface area (Å²) in [5.74, 6) is -0.171. The van der Waals surface area contributed by atoms with Gasteiger partial charge in [0.05, 0.1) is 6.61 Å². The Kier molecular flexibility index (Phi) is 9.60. The van der Waals surface area contributed by atoms with E-state index in [1.54, 1.807) is 6.92 Å². The van der Waals surface area contributed by atoms with E-state index in [0.717, 1.165) is 6.42 Å². The van der Waals surface area contributed by atoms with Gasteiger partial charge in [0.25, 0.3) is 10.2 Å². The Labute approximate surface area is 173 Å². The maximum atomic E-state index is 12.9. The van der Waals surface area contributed by atoms with E-state index in [-0.39, 0.29) is 24.9 Å². The van der Waals surface area contributed by atoms with Gasteiger partial charge in [0.2, 0.25) is 5.91 Å². The first-order chi connectivity index (χ1) is 13.9. The molecule has 0 unspecified atom stereocenters. The van der Waals surface area contributed by atoms with Gasteiger partial charge < -0.3 is 19.7 Å². The number of amides is 2. The van der Waals surface area contributed by atoms with E-state index in [1.165, 1.54) is 13.5 Å². The quantitative estimate of drug-likeness (QED) is 0.522. The second-order valence-corrected chi connectivity index (χ2v) is 9.04. The van der Waals surface area contributed by atoms with Crippen LogP contribution in [0.15, 0.2) is 0 Å². The summed E-state index contributed by atoms with van der Waals surface area (Å²) < 4.78 is 38.9. The zero-order valence-electron chi connectivity index (χ0n) is 17.5. The van der Waals surface area contributed by atoms with Gasteiger partial charge in [-0.15, -0.1) is 0 Å². The third kappa shape index (κ3) is 6.80. The van der Waals surface area contributed by atoms with Crippen LogP contribution in [0.25, 0.3) is 0 Å². The zero-order chi connectivity index (χ0) is 21.3. The molecular formula is C18H34N4O6S. The summed E-state index contributed by atoms with van der Waals surface area (Å²) in [5.41, 5.74) is 0. The Bertz CT molecular complexity index is 628. The van der Waals surface area contributed by atoms with Crippen LogP contribution < -0.4 is 5.32 Å². The number of piperazine rings is 1. The molecule has 2 fully saturated rings. The second-order valence-electron chi connectivity index (χ2n) is 7.11. The molecule has 168 valence electrons. The molecule has 0 saturated carbocycles. The van der Waals surface area contributed by atoms with Crippen LogP contribution in [0.4, 0.5) is 4.79 Å². The smallest absolute Gasteiger partial charge is 0.409 e. The predicted molar refractivity (Wildman–Crippen MR) is 108 cm³/mol. The molecule has 2 heterocycles. The van der Waals surface area contributed by atoms with Gasteiger partial charge in [-0.2, -0.15) is 17.0 Å². The van der Waals surface area contributed by atoms with Crippen molar-refractivity contribution in [1.82, 2.24) is 18.8 Å². The fourth-order valence-corrected chi connectivity index (χ4v) is 5.13. The van der Waals surface area contributed by atoms with Crippen LogP contribution in [0.1, 0.15) is 33.1 Å². The average molecular weight is 435 g/mol. The highest BCUT2D eigenvalue weighted by molar-refractivity contribution is 7.86. The summed E-state index contributed by atoms with van der Waals surface area (Å²) in [7, 11) is -3.58. The van der Waals surface area contributed by atoms with Crippen molar-refractivity contribution in [2.75, 3.05) is 65.6 Å². The van der Waals surface area contributed by atoms with Crippen LogP contribution in [0.2, 0.25) is 0 Å². The summed E-state index contributed by atoms with van der Waals surface area (Å²) in [6, 6.07) is 0. The molecule has 2 rings (SSSR count). The number of piperidine rings is 1. The minimum absolute atomic E-state index is 0.0124. The molecule has 2 aliphatic heterocycles. The highest BCUT2D eigenvalue weighted by Crippen LogP contribution is 2.22. The average Bonchev–Trinajstić information content (AvgIpc) is 2.74. The lowest BCUT2D eigenvalue weighted by Crippen LogP contribution is -2.55. The van der Waals surface area contributed by atoms with Gasteiger partial charge in [0, 0.05) is 64.9 Å². The lowest BCUT2D eigenvalue weighted by atomic mass is 9.97. The minimum atomic E-state index is -3.58. The molecule has 11 heteroatoms. The molecule has 0 aromatic rings. The topological polar surface area (TPSA) is 108 Å². The van der Waals surface area contributed by atoms with Crippen molar-refractivity contribution in [1.29, 1.82) is 0 Å². The first-order valence-corrected chi connectivity index (χ1v) is 11.8. The molecule has 0 aromatic heterocycles. The monoisotopic (exact) mass is 434 g/mol. The Morgan fingerprint density at radius 2 is 1.59 bits per heavy atom. The number of carbonyl (C=O) groups excluding carboxylic acids is 2. The fraction of sp³-hybridized carbons (Fsp3) is 0.889. The zero-order valence-corrected chi connectivity index (χ0v) is 18.3. The van der Waals surface area contributed by atoms with Gasteiger partial charge in [-0.25, -0.2) is 4.79 Å². The number of ether oxygens (including phenoxy) is 2. The maximum Gasteiger partial charge on any atom is 0.409 e. The molecule has 0 radical (unpaired) electrons. The van der Waals surface area contributed by atoms with Crippen molar-refractivity contribution in [2.45, 2.75) is 33.1 Å². The normalized spacial score (nSPS) is 19.9. The molecule has 2 aliphatic rings. The Hall–Kier alpha value is -1.43. The lowest BCUT2D eigenvalue weighted by Gasteiger charge is -2.38. The SMILES string of the molecule is CCOCCCNC(=O)C1CCN(S(=O)(=O)N2CCN(C(=O)OCC)CC2)CC1. The number of nitrogens with one attached hydrogen (secondary N) is 1. The van der Waals surface area contributed by atoms with E-state index in [1.807, 2.05) is 6.92 Å². The largest absolute Gasteiger partial charge is 0.450 e. The molecule has 0 aromatic carbocycles. The van der Waals surface area contributed by atoms with E-state index >= 15 is 0 Å². The van der Waals surface area contributed by atoms with E-state index in [4.69, 9.17) is 9.47 Å². The third-order valence-electron chi connectivity index (χ3n) is 5.21. The fourth-order valence-electron chi connectivity index (χ4n) is 3.50. The summed E-state index contributed by atoms with van der Waals surface area (Å²) in [6.07, 6.45) is 1.39. The highest BCUT2D eigenvalue weighted by atomic mass is 32.2. The molecule has 2 amide bonds. The number of hydrogen-bond acceptors (Lipinski definition) is 6. The van der Waals surface area contributed by atoms with Crippen LogP contribution in [0, 0.1) is 5.92 Å². The molecule has 2 saturated heterocycles. The summed E-state index contributed by atoms with van der Waals surface area (Å²) in [6.45, 7) is 7.63. The number of carbonyl (C=O) groups is 2. The second kappa shape index (κ2) is 11.7. The summed E-state index contributed by atoms with van der Waals surface area (Å²) in [5, 5.41) is 2.91. The number of hydrogen-bond donors (Lipinski definition) is 1. The third-order valence-corrected chi connectivity index (χ3v) is 7.25. The van der Waals surface area contributed by atoms with Crippen molar-refractivity contribution in [2.24, 2.45) is 5.92 Å². The van der Waals surface area contributed by atoms with Crippen LogP contribution in [0.3, 0.4) is 0 Å². The van der Waals surface area contributed by atoms with E-state index in [2.05, 4.69) is 5.32 Å². The molecule has 29 heavy (non-hydrogen) atoms. The van der Waals surface area contributed by atoms with Crippen LogP contribution in [0.5, 0.6) is 0 Å². The molecular weight excluding hydrogens is 400 g/mol. The maximum absolute atomic E-state index is 12.9. The van der Waals surface area contributed by atoms with Crippen molar-refractivity contribution in [3.8, 4) is 0 Å². The van der Waals surface area contributed by atoms with Crippen LogP contribution >= 0.6 is 0 Å². The van der Waals surface area contributed by atoms with Gasteiger partial charge >= 0.3 is 6.09 Å². The van der Waals surface area contributed by atoms with Crippen molar-refractivity contribution in [3.63, 3.8) is 0 Å². The number of nitrogens with zero attached hydrogens (tertiary/aromatic N) is 3. The van der Waals surface area contributed by atoms with Gasteiger partial charge in [-0.05, 0) is 33.1 Å². The van der Waals surface area contributed by atoms with Crippen molar-refractivity contribution in [3.05, 3.63) is 0 Å². The summed E-state index contributed by atoms with van der Waals surface area (Å²) in [4.78, 5) is 25.6. The molecule has 1 N–H and O–H groups in total. The molecule has 0 spiro atoms. The molecule has 0 bridgehead atoms.